The van der Waals surface area contributed by atoms with Gasteiger partial charge in [-0.3, -0.25) is 0 Å². The van der Waals surface area contributed by atoms with E-state index in [-0.39, 0.29) is 0 Å². The first-order chi connectivity index (χ1) is 29.7. The largest absolute Gasteiger partial charge is 0.457 e. The van der Waals surface area contributed by atoms with Crippen LogP contribution in [-0.2, 0) is 11.8 Å². The summed E-state index contributed by atoms with van der Waals surface area (Å²) in [7, 11) is 0. The van der Waals surface area contributed by atoms with Gasteiger partial charge < -0.3 is 14.2 Å². The molecule has 0 saturated heterocycles. The zero-order chi connectivity index (χ0) is 39.8. The van der Waals surface area contributed by atoms with Crippen molar-refractivity contribution in [1.29, 1.82) is 0 Å². The van der Waals surface area contributed by atoms with Gasteiger partial charge in [-0.15, -0.1) is 0 Å². The van der Waals surface area contributed by atoms with Gasteiger partial charge in [-0.05, 0) is 118 Å². The van der Waals surface area contributed by atoms with E-state index in [9.17, 15) is 0 Å². The standard InChI is InChI=1S/C57H40N2O/c1-2-38-25-28-42(29-26-38)59-53-23-13-10-20-47(53)48-36-43(31-34-54(48)59)58(41-17-7-4-8-18-41)44-30-32-46-45-19-9-11-21-49(45)57(52(46)37-44)50-22-12-14-24-55(50)60-56-35-40(27-33-51(56)57)39-15-5-3-6-16-39/h3-37H,2H2,1H3. The number of fused-ring (bicyclic) bond motifs is 12. The highest BCUT2D eigenvalue weighted by atomic mass is 16.5. The average molecular weight is 769 g/mol. The lowest BCUT2D eigenvalue weighted by Crippen LogP contribution is -2.32. The van der Waals surface area contributed by atoms with E-state index in [2.05, 4.69) is 229 Å². The zero-order valence-corrected chi connectivity index (χ0v) is 33.2. The van der Waals surface area contributed by atoms with Crippen LogP contribution in [0, 0.1) is 0 Å². The Balaban J connectivity index is 1.09. The van der Waals surface area contributed by atoms with E-state index in [4.69, 9.17) is 4.74 Å². The molecule has 3 heteroatoms. The maximum absolute atomic E-state index is 6.88. The van der Waals surface area contributed by atoms with E-state index < -0.39 is 5.41 Å². The Morgan fingerprint density at radius 1 is 0.433 bits per heavy atom. The van der Waals surface area contributed by atoms with E-state index in [1.165, 1.54) is 60.9 Å². The summed E-state index contributed by atoms with van der Waals surface area (Å²) in [6, 6.07) is 77.6. The molecular weight excluding hydrogens is 729 g/mol. The molecule has 1 aliphatic heterocycles. The van der Waals surface area contributed by atoms with Gasteiger partial charge in [0, 0.05) is 44.6 Å². The maximum atomic E-state index is 6.88. The number of rotatable bonds is 6. The Hall–Kier alpha value is -7.62. The second-order valence-corrected chi connectivity index (χ2v) is 15.9. The van der Waals surface area contributed by atoms with Gasteiger partial charge in [0.2, 0.25) is 0 Å². The van der Waals surface area contributed by atoms with Gasteiger partial charge in [0.05, 0.1) is 16.4 Å². The summed E-state index contributed by atoms with van der Waals surface area (Å²) >= 11 is 0. The fourth-order valence-corrected chi connectivity index (χ4v) is 10.1. The fourth-order valence-electron chi connectivity index (χ4n) is 10.1. The third kappa shape index (κ3) is 5.02. The van der Waals surface area contributed by atoms with Crippen LogP contribution < -0.4 is 9.64 Å². The number of aryl methyl sites for hydroxylation is 1. The molecule has 0 amide bonds. The second-order valence-electron chi connectivity index (χ2n) is 15.9. The average Bonchev–Trinajstić information content (AvgIpc) is 3.80. The molecule has 10 aromatic rings. The lowest BCUT2D eigenvalue weighted by molar-refractivity contribution is 0.436. The number of hydrogen-bond acceptors (Lipinski definition) is 2. The first-order valence-electron chi connectivity index (χ1n) is 20.9. The minimum Gasteiger partial charge on any atom is -0.457 e. The Bertz CT molecular complexity index is 3270. The molecule has 0 N–H and O–H groups in total. The number of anilines is 3. The summed E-state index contributed by atoms with van der Waals surface area (Å²) in [5.74, 6) is 1.77. The highest BCUT2D eigenvalue weighted by Crippen LogP contribution is 2.63. The first-order valence-corrected chi connectivity index (χ1v) is 20.9. The molecule has 2 aliphatic rings. The molecule has 1 aromatic heterocycles. The minimum atomic E-state index is -0.603. The molecule has 284 valence electrons. The number of hydrogen-bond donors (Lipinski definition) is 0. The molecule has 2 heterocycles. The van der Waals surface area contributed by atoms with E-state index >= 15 is 0 Å². The monoisotopic (exact) mass is 768 g/mol. The molecule has 9 aromatic carbocycles. The molecule has 0 bridgehead atoms. The first kappa shape index (κ1) is 34.4. The van der Waals surface area contributed by atoms with Gasteiger partial charge in [0.25, 0.3) is 0 Å². The van der Waals surface area contributed by atoms with Crippen LogP contribution in [-0.4, -0.2) is 4.57 Å². The van der Waals surface area contributed by atoms with Crippen LogP contribution in [0.2, 0.25) is 0 Å². The third-order valence-electron chi connectivity index (χ3n) is 12.8. The summed E-state index contributed by atoms with van der Waals surface area (Å²) in [5.41, 5.74) is 17.2. The van der Waals surface area contributed by atoms with Crippen molar-refractivity contribution in [3.05, 3.63) is 240 Å². The Labute approximate surface area is 350 Å². The van der Waals surface area contributed by atoms with Crippen LogP contribution in [0.1, 0.15) is 34.7 Å². The molecule has 1 unspecified atom stereocenters. The van der Waals surface area contributed by atoms with E-state index in [0.717, 1.165) is 51.7 Å². The number of nitrogens with zero attached hydrogens (tertiary/aromatic N) is 2. The predicted octanol–water partition coefficient (Wildman–Crippen LogP) is 15.0. The van der Waals surface area contributed by atoms with Crippen molar-refractivity contribution in [2.45, 2.75) is 18.8 Å². The summed E-state index contributed by atoms with van der Waals surface area (Å²) in [6.07, 6.45) is 1.02. The van der Waals surface area contributed by atoms with Crippen molar-refractivity contribution >= 4 is 38.9 Å². The molecule has 60 heavy (non-hydrogen) atoms. The summed E-state index contributed by atoms with van der Waals surface area (Å²) in [5, 5.41) is 2.45. The number of aromatic nitrogens is 1. The van der Waals surface area contributed by atoms with Crippen LogP contribution in [0.15, 0.2) is 212 Å². The topological polar surface area (TPSA) is 17.4 Å². The van der Waals surface area contributed by atoms with E-state index in [1.54, 1.807) is 0 Å². The highest BCUT2D eigenvalue weighted by Gasteiger charge is 2.51. The molecular formula is C57H40N2O. The van der Waals surface area contributed by atoms with Gasteiger partial charge >= 0.3 is 0 Å². The maximum Gasteiger partial charge on any atom is 0.132 e. The lowest BCUT2D eigenvalue weighted by atomic mass is 9.66. The zero-order valence-electron chi connectivity index (χ0n) is 33.2. The van der Waals surface area contributed by atoms with Crippen molar-refractivity contribution in [3.63, 3.8) is 0 Å². The van der Waals surface area contributed by atoms with Crippen molar-refractivity contribution in [2.75, 3.05) is 4.90 Å². The molecule has 0 fully saturated rings. The normalized spacial score (nSPS) is 14.7. The predicted molar refractivity (Wildman–Crippen MR) is 248 cm³/mol. The van der Waals surface area contributed by atoms with Crippen LogP contribution in [0.25, 0.3) is 49.7 Å². The van der Waals surface area contributed by atoms with Gasteiger partial charge in [0.1, 0.15) is 11.5 Å². The van der Waals surface area contributed by atoms with Gasteiger partial charge in [-0.2, -0.15) is 0 Å². The number of benzene rings is 9. The van der Waals surface area contributed by atoms with Crippen molar-refractivity contribution in [1.82, 2.24) is 4.57 Å². The molecule has 1 atom stereocenters. The molecule has 12 rings (SSSR count). The number of para-hydroxylation sites is 3. The lowest BCUT2D eigenvalue weighted by Gasteiger charge is -2.40. The quantitative estimate of drug-likeness (QED) is 0.168. The fraction of sp³-hybridized carbons (Fsp3) is 0.0526. The minimum absolute atomic E-state index is 0.603. The Kier molecular flexibility index (Phi) is 7.73. The third-order valence-corrected chi connectivity index (χ3v) is 12.8. The molecule has 0 saturated carbocycles. The van der Waals surface area contributed by atoms with Crippen LogP contribution >= 0.6 is 0 Å². The van der Waals surface area contributed by atoms with Crippen molar-refractivity contribution in [3.8, 4) is 39.4 Å². The summed E-state index contributed by atoms with van der Waals surface area (Å²) in [4.78, 5) is 2.42. The van der Waals surface area contributed by atoms with Gasteiger partial charge in [-0.1, -0.05) is 146 Å². The summed E-state index contributed by atoms with van der Waals surface area (Å²) < 4.78 is 9.28. The molecule has 1 aliphatic carbocycles. The smallest absolute Gasteiger partial charge is 0.132 e. The Morgan fingerprint density at radius 2 is 1.08 bits per heavy atom. The summed E-state index contributed by atoms with van der Waals surface area (Å²) in [6.45, 7) is 2.21. The van der Waals surface area contributed by atoms with E-state index in [0.29, 0.717) is 0 Å². The van der Waals surface area contributed by atoms with Crippen molar-refractivity contribution in [2.24, 2.45) is 0 Å². The Morgan fingerprint density at radius 3 is 1.92 bits per heavy atom. The van der Waals surface area contributed by atoms with Crippen LogP contribution in [0.4, 0.5) is 17.1 Å². The highest BCUT2D eigenvalue weighted by molar-refractivity contribution is 6.10. The van der Waals surface area contributed by atoms with Crippen LogP contribution in [0.5, 0.6) is 11.5 Å². The number of ether oxygens (including phenoxy) is 1. The van der Waals surface area contributed by atoms with Crippen LogP contribution in [0.3, 0.4) is 0 Å². The molecule has 0 radical (unpaired) electrons. The second kappa shape index (κ2) is 13.5. The van der Waals surface area contributed by atoms with Gasteiger partial charge in [0.15, 0.2) is 0 Å². The SMILES string of the molecule is CCc1ccc(-n2c3ccccc3c3cc(N(c4ccccc4)c4ccc5c(c4)C4(c6ccccc6Oc6cc(-c7ccccc7)ccc64)c4ccccc4-5)ccc32)cc1. The van der Waals surface area contributed by atoms with Crippen molar-refractivity contribution < 1.29 is 4.74 Å². The van der Waals surface area contributed by atoms with E-state index in [1.807, 2.05) is 0 Å². The molecule has 3 nitrogen and oxygen atoms in total. The molecule has 1 spiro atoms. The van der Waals surface area contributed by atoms with Gasteiger partial charge in [-0.25, -0.2) is 0 Å².